The number of methoxy groups -OCH3 is 2. The third-order valence-corrected chi connectivity index (χ3v) is 4.36. The first-order chi connectivity index (χ1) is 10.5. The Morgan fingerprint density at radius 1 is 1.13 bits per heavy atom. The number of rotatable bonds is 5. The molecule has 1 unspecified atom stereocenters. The Balaban J connectivity index is 3.03. The molecule has 134 valence electrons. The number of hydrogen-bond donors (Lipinski definition) is 0. The maximum absolute atomic E-state index is 12.6. The van der Waals surface area contributed by atoms with E-state index >= 15 is 0 Å². The molecule has 6 nitrogen and oxygen atoms in total. The minimum atomic E-state index is -0.965. The van der Waals surface area contributed by atoms with Gasteiger partial charge in [0.2, 0.25) is 0 Å². The fourth-order valence-electron chi connectivity index (χ4n) is 2.84. The molecule has 1 atom stereocenters. The van der Waals surface area contributed by atoms with Gasteiger partial charge >= 0.3 is 12.1 Å². The Morgan fingerprint density at radius 3 is 2.22 bits per heavy atom. The number of nitrogens with zero attached hydrogens (tertiary/aromatic N) is 1. The highest BCUT2D eigenvalue weighted by Gasteiger charge is 2.52. The molecule has 0 saturated carbocycles. The van der Waals surface area contributed by atoms with Crippen molar-refractivity contribution in [2.75, 3.05) is 20.8 Å². The molecular weight excluding hydrogens is 298 g/mol. The van der Waals surface area contributed by atoms with Crippen LogP contribution in [-0.4, -0.2) is 54.5 Å². The zero-order valence-corrected chi connectivity index (χ0v) is 15.5. The van der Waals surface area contributed by atoms with Crippen molar-refractivity contribution in [2.45, 2.75) is 77.0 Å². The van der Waals surface area contributed by atoms with Gasteiger partial charge in [0.15, 0.2) is 0 Å². The molecule has 1 fully saturated rings. The largest absolute Gasteiger partial charge is 0.467 e. The van der Waals surface area contributed by atoms with E-state index in [-0.39, 0.29) is 11.6 Å². The average Bonchev–Trinajstić information content (AvgIpc) is 2.88. The number of hydrogen-bond acceptors (Lipinski definition) is 5. The molecule has 0 spiro atoms. The quantitative estimate of drug-likeness (QED) is 0.725. The number of likely N-dealkylation sites (tertiary alicyclic amines) is 1. The monoisotopic (exact) mass is 329 g/mol. The lowest BCUT2D eigenvalue weighted by molar-refractivity contribution is -0.154. The van der Waals surface area contributed by atoms with Crippen molar-refractivity contribution < 1.29 is 23.8 Å². The molecule has 1 heterocycles. The Bertz CT molecular complexity index is 441. The van der Waals surface area contributed by atoms with Gasteiger partial charge in [0.05, 0.1) is 12.7 Å². The second-order valence-corrected chi connectivity index (χ2v) is 7.72. The summed E-state index contributed by atoms with van der Waals surface area (Å²) in [5, 5.41) is 0. The molecule has 0 aromatic heterocycles. The van der Waals surface area contributed by atoms with E-state index in [1.807, 2.05) is 34.6 Å². The van der Waals surface area contributed by atoms with Crippen LogP contribution in [0.1, 0.15) is 60.3 Å². The third-order valence-electron chi connectivity index (χ3n) is 4.36. The van der Waals surface area contributed by atoms with Crippen LogP contribution in [0.4, 0.5) is 4.79 Å². The Morgan fingerprint density at radius 2 is 1.74 bits per heavy atom. The normalized spacial score (nSPS) is 22.1. The van der Waals surface area contributed by atoms with Gasteiger partial charge in [-0.25, -0.2) is 9.59 Å². The van der Waals surface area contributed by atoms with Crippen LogP contribution >= 0.6 is 0 Å². The molecule has 6 heteroatoms. The first-order valence-corrected chi connectivity index (χ1v) is 8.12. The SMILES string of the molecule is COC(=O)C1(CCC(C)(C)OC)CCCN1C(=O)OC(C)(C)C. The number of carbonyl (C=O) groups is 2. The maximum Gasteiger partial charge on any atom is 0.411 e. The van der Waals surface area contributed by atoms with Crippen molar-refractivity contribution in [3.63, 3.8) is 0 Å². The summed E-state index contributed by atoms with van der Waals surface area (Å²) < 4.78 is 15.9. The summed E-state index contributed by atoms with van der Waals surface area (Å²) in [5.41, 5.74) is -1.94. The van der Waals surface area contributed by atoms with Crippen LogP contribution in [0, 0.1) is 0 Å². The molecule has 23 heavy (non-hydrogen) atoms. The van der Waals surface area contributed by atoms with Gasteiger partial charge in [0, 0.05) is 13.7 Å². The maximum atomic E-state index is 12.6. The Labute approximate surface area is 139 Å². The van der Waals surface area contributed by atoms with Crippen molar-refractivity contribution in [1.82, 2.24) is 4.90 Å². The number of ether oxygens (including phenoxy) is 3. The van der Waals surface area contributed by atoms with Gasteiger partial charge < -0.3 is 14.2 Å². The van der Waals surface area contributed by atoms with E-state index in [2.05, 4.69) is 0 Å². The van der Waals surface area contributed by atoms with E-state index in [0.29, 0.717) is 25.8 Å². The van der Waals surface area contributed by atoms with Crippen LogP contribution in [-0.2, 0) is 19.0 Å². The molecule has 1 aliphatic rings. The minimum Gasteiger partial charge on any atom is -0.467 e. The molecule has 0 aliphatic carbocycles. The standard InChI is InChI=1S/C17H31NO5/c1-15(2,3)23-14(20)18-12-8-9-17(18,13(19)21-6)11-10-16(4,5)22-7/h8-12H2,1-7H3. The summed E-state index contributed by atoms with van der Waals surface area (Å²) in [6.45, 7) is 9.87. The highest BCUT2D eigenvalue weighted by Crippen LogP contribution is 2.38. The highest BCUT2D eigenvalue weighted by molar-refractivity contribution is 5.86. The van der Waals surface area contributed by atoms with Crippen molar-refractivity contribution in [3.8, 4) is 0 Å². The molecule has 1 rings (SSSR count). The van der Waals surface area contributed by atoms with Gasteiger partial charge in [-0.15, -0.1) is 0 Å². The lowest BCUT2D eigenvalue weighted by Gasteiger charge is -2.38. The number of esters is 1. The van der Waals surface area contributed by atoms with Gasteiger partial charge in [-0.2, -0.15) is 0 Å². The van der Waals surface area contributed by atoms with E-state index in [4.69, 9.17) is 14.2 Å². The van der Waals surface area contributed by atoms with Crippen LogP contribution in [0.5, 0.6) is 0 Å². The van der Waals surface area contributed by atoms with Crippen molar-refractivity contribution in [3.05, 3.63) is 0 Å². The van der Waals surface area contributed by atoms with Gasteiger partial charge in [-0.1, -0.05) is 0 Å². The van der Waals surface area contributed by atoms with Crippen molar-refractivity contribution in [1.29, 1.82) is 0 Å². The molecule has 0 aromatic carbocycles. The van der Waals surface area contributed by atoms with Gasteiger partial charge in [-0.05, 0) is 60.3 Å². The molecule has 0 N–H and O–H groups in total. The molecule has 1 saturated heterocycles. The molecule has 1 amide bonds. The predicted octanol–water partition coefficient (Wildman–Crippen LogP) is 3.13. The minimum absolute atomic E-state index is 0.372. The third kappa shape index (κ3) is 4.83. The summed E-state index contributed by atoms with van der Waals surface area (Å²) in [6, 6.07) is 0. The lowest BCUT2D eigenvalue weighted by Crippen LogP contribution is -2.55. The second kappa shape index (κ2) is 7.07. The van der Waals surface area contributed by atoms with Crippen LogP contribution in [0.25, 0.3) is 0 Å². The van der Waals surface area contributed by atoms with Crippen molar-refractivity contribution >= 4 is 12.1 Å². The first-order valence-electron chi connectivity index (χ1n) is 8.12. The van der Waals surface area contributed by atoms with E-state index in [0.717, 1.165) is 6.42 Å². The molecule has 0 radical (unpaired) electrons. The van der Waals surface area contributed by atoms with Gasteiger partial charge in [-0.3, -0.25) is 4.90 Å². The topological polar surface area (TPSA) is 65.1 Å². The predicted molar refractivity (Wildman–Crippen MR) is 87.2 cm³/mol. The summed E-state index contributed by atoms with van der Waals surface area (Å²) in [4.78, 5) is 26.6. The molecule has 0 aromatic rings. The summed E-state index contributed by atoms with van der Waals surface area (Å²) >= 11 is 0. The van der Waals surface area contributed by atoms with Gasteiger partial charge in [0.25, 0.3) is 0 Å². The van der Waals surface area contributed by atoms with Crippen molar-refractivity contribution in [2.24, 2.45) is 0 Å². The van der Waals surface area contributed by atoms with Crippen LogP contribution in [0.15, 0.2) is 0 Å². The first kappa shape index (κ1) is 19.7. The molecular formula is C17H31NO5. The summed E-state index contributed by atoms with van der Waals surface area (Å²) in [7, 11) is 3.00. The van der Waals surface area contributed by atoms with Crippen LogP contribution in [0.2, 0.25) is 0 Å². The number of carbonyl (C=O) groups excluding carboxylic acids is 2. The summed E-state index contributed by atoms with van der Waals surface area (Å²) in [5.74, 6) is -0.382. The highest BCUT2D eigenvalue weighted by atomic mass is 16.6. The lowest BCUT2D eigenvalue weighted by atomic mass is 9.86. The van der Waals surface area contributed by atoms with E-state index in [9.17, 15) is 9.59 Å². The molecule has 0 bridgehead atoms. The smallest absolute Gasteiger partial charge is 0.411 e. The second-order valence-electron chi connectivity index (χ2n) is 7.72. The van der Waals surface area contributed by atoms with E-state index in [1.54, 1.807) is 7.11 Å². The summed E-state index contributed by atoms with van der Waals surface area (Å²) in [6.07, 6.45) is 1.99. The Hall–Kier alpha value is -1.30. The fourth-order valence-corrected chi connectivity index (χ4v) is 2.84. The van der Waals surface area contributed by atoms with Gasteiger partial charge in [0.1, 0.15) is 11.1 Å². The van der Waals surface area contributed by atoms with Crippen LogP contribution in [0.3, 0.4) is 0 Å². The Kier molecular flexibility index (Phi) is 6.07. The average molecular weight is 329 g/mol. The van der Waals surface area contributed by atoms with Crippen LogP contribution < -0.4 is 0 Å². The zero-order chi connectivity index (χ0) is 17.9. The fraction of sp³-hybridized carbons (Fsp3) is 0.882. The zero-order valence-electron chi connectivity index (χ0n) is 15.5. The molecule has 1 aliphatic heterocycles. The van der Waals surface area contributed by atoms with E-state index < -0.39 is 17.2 Å². The number of amides is 1. The van der Waals surface area contributed by atoms with E-state index in [1.165, 1.54) is 12.0 Å².